The van der Waals surface area contributed by atoms with Gasteiger partial charge in [-0.05, 0) is 12.5 Å². The average Bonchev–Trinajstić information content (AvgIpc) is 2.36. The lowest BCUT2D eigenvalue weighted by Gasteiger charge is -2.19. The highest BCUT2D eigenvalue weighted by Gasteiger charge is 2.33. The van der Waals surface area contributed by atoms with Crippen molar-refractivity contribution in [2.45, 2.75) is 31.7 Å². The van der Waals surface area contributed by atoms with Crippen LogP contribution in [0.15, 0.2) is 12.3 Å². The SMILES string of the molecule is CC(=O)SCCC(O)C(O)c1cc(C(F)(F)F)cnc1Cl. The summed E-state index contributed by atoms with van der Waals surface area (Å²) in [5, 5.41) is 19.2. The average molecular weight is 344 g/mol. The minimum absolute atomic E-state index is 0.0258. The highest BCUT2D eigenvalue weighted by molar-refractivity contribution is 8.13. The number of alkyl halides is 3. The van der Waals surface area contributed by atoms with Crippen LogP contribution in [-0.2, 0) is 11.0 Å². The Morgan fingerprint density at radius 3 is 2.62 bits per heavy atom. The first-order valence-corrected chi connectivity index (χ1v) is 7.21. The molecule has 2 unspecified atom stereocenters. The number of aliphatic hydroxyl groups excluding tert-OH is 2. The summed E-state index contributed by atoms with van der Waals surface area (Å²) >= 11 is 6.61. The number of aliphatic hydroxyl groups is 2. The van der Waals surface area contributed by atoms with Crippen LogP contribution in [0.4, 0.5) is 13.2 Å². The van der Waals surface area contributed by atoms with Crippen LogP contribution in [0, 0.1) is 0 Å². The van der Waals surface area contributed by atoms with Crippen molar-refractivity contribution >= 4 is 28.5 Å². The van der Waals surface area contributed by atoms with Crippen molar-refractivity contribution in [1.82, 2.24) is 4.98 Å². The van der Waals surface area contributed by atoms with Crippen LogP contribution in [-0.4, -0.2) is 32.2 Å². The number of rotatable bonds is 5. The van der Waals surface area contributed by atoms with Gasteiger partial charge in [0.2, 0.25) is 0 Å². The summed E-state index contributed by atoms with van der Waals surface area (Å²) in [6.45, 7) is 1.35. The molecule has 1 aromatic heterocycles. The summed E-state index contributed by atoms with van der Waals surface area (Å²) in [4.78, 5) is 14.1. The fourth-order valence-electron chi connectivity index (χ4n) is 1.52. The first kappa shape index (κ1) is 18.2. The molecule has 0 aliphatic carbocycles. The number of hydrogen-bond donors (Lipinski definition) is 2. The molecule has 0 aromatic carbocycles. The number of aromatic nitrogens is 1. The van der Waals surface area contributed by atoms with Crippen LogP contribution in [0.1, 0.15) is 30.6 Å². The second-order valence-electron chi connectivity index (χ2n) is 4.24. The Kier molecular flexibility index (Phi) is 6.45. The second kappa shape index (κ2) is 7.44. The molecule has 1 rings (SSSR count). The minimum atomic E-state index is -4.62. The third-order valence-corrected chi connectivity index (χ3v) is 3.76. The van der Waals surface area contributed by atoms with Gasteiger partial charge in [-0.3, -0.25) is 4.79 Å². The Morgan fingerprint density at radius 2 is 2.10 bits per heavy atom. The predicted molar refractivity (Wildman–Crippen MR) is 73.0 cm³/mol. The molecule has 2 atom stereocenters. The van der Waals surface area contributed by atoms with Crippen molar-refractivity contribution in [2.24, 2.45) is 0 Å². The maximum Gasteiger partial charge on any atom is 0.417 e. The third kappa shape index (κ3) is 5.46. The van der Waals surface area contributed by atoms with E-state index < -0.39 is 23.9 Å². The lowest BCUT2D eigenvalue weighted by atomic mass is 10.0. The molecule has 118 valence electrons. The maximum absolute atomic E-state index is 12.6. The zero-order chi connectivity index (χ0) is 16.2. The topological polar surface area (TPSA) is 70.4 Å². The Labute approximate surface area is 128 Å². The van der Waals surface area contributed by atoms with E-state index in [1.54, 1.807) is 0 Å². The molecule has 21 heavy (non-hydrogen) atoms. The second-order valence-corrected chi connectivity index (χ2v) is 5.87. The van der Waals surface area contributed by atoms with Gasteiger partial charge in [0, 0.05) is 24.4 Å². The van der Waals surface area contributed by atoms with Crippen molar-refractivity contribution < 1.29 is 28.2 Å². The zero-order valence-electron chi connectivity index (χ0n) is 10.9. The first-order chi connectivity index (χ1) is 9.62. The smallest absolute Gasteiger partial charge is 0.390 e. The molecule has 0 bridgehead atoms. The highest BCUT2D eigenvalue weighted by atomic mass is 35.5. The highest BCUT2D eigenvalue weighted by Crippen LogP contribution is 2.33. The number of carbonyl (C=O) groups excluding carboxylic acids is 1. The van der Waals surface area contributed by atoms with E-state index >= 15 is 0 Å². The summed E-state index contributed by atoms with van der Waals surface area (Å²) in [7, 11) is 0. The van der Waals surface area contributed by atoms with Crippen LogP contribution in [0.2, 0.25) is 5.15 Å². The molecule has 0 spiro atoms. The van der Waals surface area contributed by atoms with Gasteiger partial charge in [0.05, 0.1) is 11.7 Å². The van der Waals surface area contributed by atoms with E-state index in [4.69, 9.17) is 11.6 Å². The molecule has 1 aromatic rings. The molecule has 0 saturated carbocycles. The molecule has 2 N–H and O–H groups in total. The fourth-order valence-corrected chi connectivity index (χ4v) is 2.38. The number of hydrogen-bond acceptors (Lipinski definition) is 5. The number of nitrogens with zero attached hydrogens (tertiary/aromatic N) is 1. The molecule has 0 saturated heterocycles. The normalized spacial score (nSPS) is 14.8. The molecular weight excluding hydrogens is 331 g/mol. The number of carbonyl (C=O) groups is 1. The lowest BCUT2D eigenvalue weighted by molar-refractivity contribution is -0.138. The van der Waals surface area contributed by atoms with Crippen LogP contribution in [0.25, 0.3) is 0 Å². The van der Waals surface area contributed by atoms with Gasteiger partial charge in [-0.25, -0.2) is 4.98 Å². The van der Waals surface area contributed by atoms with Crippen molar-refractivity contribution in [3.05, 3.63) is 28.5 Å². The number of pyridine rings is 1. The van der Waals surface area contributed by atoms with Gasteiger partial charge < -0.3 is 10.2 Å². The molecule has 0 amide bonds. The largest absolute Gasteiger partial charge is 0.417 e. The van der Waals surface area contributed by atoms with Gasteiger partial charge >= 0.3 is 6.18 Å². The van der Waals surface area contributed by atoms with Gasteiger partial charge in [0.25, 0.3) is 0 Å². The van der Waals surface area contributed by atoms with E-state index in [0.29, 0.717) is 12.3 Å². The van der Waals surface area contributed by atoms with Crippen molar-refractivity contribution in [3.8, 4) is 0 Å². The molecule has 9 heteroatoms. The standard InChI is InChI=1S/C12H13ClF3NO3S/c1-6(18)21-3-2-9(19)10(20)8-4-7(12(14,15)16)5-17-11(8)13/h4-5,9-10,19-20H,2-3H2,1H3. The van der Waals surface area contributed by atoms with Crippen LogP contribution in [0.5, 0.6) is 0 Å². The van der Waals surface area contributed by atoms with Crippen molar-refractivity contribution in [1.29, 1.82) is 0 Å². The van der Waals surface area contributed by atoms with E-state index in [1.165, 1.54) is 6.92 Å². The Morgan fingerprint density at radius 1 is 1.48 bits per heavy atom. The molecule has 0 radical (unpaired) electrons. The summed E-state index contributed by atoms with van der Waals surface area (Å²) in [5.41, 5.74) is -1.36. The van der Waals surface area contributed by atoms with Gasteiger partial charge in [-0.15, -0.1) is 0 Å². The van der Waals surface area contributed by atoms with Crippen LogP contribution >= 0.6 is 23.4 Å². The monoisotopic (exact) mass is 343 g/mol. The zero-order valence-corrected chi connectivity index (χ0v) is 12.5. The van der Waals surface area contributed by atoms with E-state index in [2.05, 4.69) is 4.98 Å². The van der Waals surface area contributed by atoms with Gasteiger partial charge in [-0.1, -0.05) is 23.4 Å². The molecular formula is C12H13ClF3NO3S. The first-order valence-electron chi connectivity index (χ1n) is 5.85. The van der Waals surface area contributed by atoms with Gasteiger partial charge in [0.1, 0.15) is 11.3 Å². The Balaban J connectivity index is 2.85. The summed E-state index contributed by atoms with van der Waals surface area (Å²) in [6, 6.07) is 0.654. The van der Waals surface area contributed by atoms with Crippen LogP contribution < -0.4 is 0 Å². The minimum Gasteiger partial charge on any atom is -0.390 e. The number of halogens is 4. The van der Waals surface area contributed by atoms with E-state index in [1.807, 2.05) is 0 Å². The molecule has 1 heterocycles. The molecule has 4 nitrogen and oxygen atoms in total. The third-order valence-electron chi connectivity index (χ3n) is 2.60. The number of thioether (sulfide) groups is 1. The summed E-state index contributed by atoms with van der Waals surface area (Å²) < 4.78 is 37.8. The van der Waals surface area contributed by atoms with E-state index in [0.717, 1.165) is 11.8 Å². The fraction of sp³-hybridized carbons (Fsp3) is 0.500. The Bertz CT molecular complexity index is 513. The van der Waals surface area contributed by atoms with Crippen molar-refractivity contribution in [3.63, 3.8) is 0 Å². The molecule has 0 aliphatic rings. The molecule has 0 fully saturated rings. The predicted octanol–water partition coefficient (Wildman–Crippen LogP) is 2.82. The van der Waals surface area contributed by atoms with Crippen LogP contribution in [0.3, 0.4) is 0 Å². The summed E-state index contributed by atoms with van der Waals surface area (Å²) in [6.07, 6.45) is -7.00. The quantitative estimate of drug-likeness (QED) is 0.804. The summed E-state index contributed by atoms with van der Waals surface area (Å²) in [5.74, 6) is 0.234. The lowest BCUT2D eigenvalue weighted by Crippen LogP contribution is -2.20. The molecule has 0 aliphatic heterocycles. The van der Waals surface area contributed by atoms with E-state index in [9.17, 15) is 28.2 Å². The Hall–Kier alpha value is -0.830. The maximum atomic E-state index is 12.6. The van der Waals surface area contributed by atoms with E-state index in [-0.39, 0.29) is 28.0 Å². The van der Waals surface area contributed by atoms with Gasteiger partial charge in [0.15, 0.2) is 5.12 Å². The van der Waals surface area contributed by atoms with Gasteiger partial charge in [-0.2, -0.15) is 13.2 Å². The van der Waals surface area contributed by atoms with Crippen molar-refractivity contribution in [2.75, 3.05) is 5.75 Å².